The molecule has 18 heavy (non-hydrogen) atoms. The molecule has 0 aromatic carbocycles. The summed E-state index contributed by atoms with van der Waals surface area (Å²) in [5.41, 5.74) is 3.27. The first kappa shape index (κ1) is 13.7. The SMILES string of the molecule is CCNc1nc(NN2CCCCC2)c(Cl)cc1Cl. The summed E-state index contributed by atoms with van der Waals surface area (Å²) in [5.74, 6) is 1.34. The van der Waals surface area contributed by atoms with Gasteiger partial charge in [0.25, 0.3) is 0 Å². The first-order valence-electron chi connectivity index (χ1n) is 6.32. The van der Waals surface area contributed by atoms with Gasteiger partial charge in [0.2, 0.25) is 0 Å². The van der Waals surface area contributed by atoms with E-state index in [4.69, 9.17) is 23.2 Å². The quantitative estimate of drug-likeness (QED) is 0.888. The number of rotatable bonds is 4. The number of hydrogen-bond donors (Lipinski definition) is 2. The fourth-order valence-corrected chi connectivity index (χ4v) is 2.46. The minimum atomic E-state index is 0.547. The Kier molecular flexibility index (Phi) is 4.92. The zero-order chi connectivity index (χ0) is 13.0. The lowest BCUT2D eigenvalue weighted by atomic mass is 10.2. The van der Waals surface area contributed by atoms with Crippen molar-refractivity contribution in [1.29, 1.82) is 0 Å². The van der Waals surface area contributed by atoms with E-state index in [1.807, 2.05) is 6.92 Å². The molecule has 0 aliphatic carbocycles. The third-order valence-electron chi connectivity index (χ3n) is 2.89. The van der Waals surface area contributed by atoms with Crippen molar-refractivity contribution < 1.29 is 0 Å². The van der Waals surface area contributed by atoms with Gasteiger partial charge in [-0.1, -0.05) is 29.6 Å². The molecule has 1 aliphatic heterocycles. The summed E-state index contributed by atoms with van der Waals surface area (Å²) in [5, 5.41) is 6.37. The molecule has 1 aliphatic rings. The number of anilines is 2. The molecule has 0 saturated carbocycles. The Morgan fingerprint density at radius 2 is 1.83 bits per heavy atom. The first-order valence-corrected chi connectivity index (χ1v) is 7.08. The highest BCUT2D eigenvalue weighted by Crippen LogP contribution is 2.29. The summed E-state index contributed by atoms with van der Waals surface area (Å²) in [6.45, 7) is 4.83. The van der Waals surface area contributed by atoms with Crippen LogP contribution in [0.1, 0.15) is 26.2 Å². The maximum atomic E-state index is 6.16. The molecule has 2 rings (SSSR count). The molecule has 1 saturated heterocycles. The van der Waals surface area contributed by atoms with Crippen LogP contribution < -0.4 is 10.7 Å². The predicted octanol–water partition coefficient (Wildman–Crippen LogP) is 3.63. The Bertz CT molecular complexity index is 405. The van der Waals surface area contributed by atoms with Gasteiger partial charge in [-0.3, -0.25) is 0 Å². The lowest BCUT2D eigenvalue weighted by molar-refractivity contribution is 0.272. The van der Waals surface area contributed by atoms with Gasteiger partial charge in [0.15, 0.2) is 5.82 Å². The smallest absolute Gasteiger partial charge is 0.161 e. The topological polar surface area (TPSA) is 40.2 Å². The summed E-state index contributed by atoms with van der Waals surface area (Å²) in [4.78, 5) is 4.43. The predicted molar refractivity (Wildman–Crippen MR) is 77.5 cm³/mol. The van der Waals surface area contributed by atoms with Crippen LogP contribution in [0.4, 0.5) is 11.6 Å². The Morgan fingerprint density at radius 1 is 1.17 bits per heavy atom. The molecule has 1 fully saturated rings. The minimum absolute atomic E-state index is 0.547. The van der Waals surface area contributed by atoms with E-state index in [9.17, 15) is 0 Å². The van der Waals surface area contributed by atoms with Crippen molar-refractivity contribution in [2.75, 3.05) is 30.4 Å². The van der Waals surface area contributed by atoms with Gasteiger partial charge in [0, 0.05) is 19.6 Å². The Balaban J connectivity index is 2.12. The second kappa shape index (κ2) is 6.45. The lowest BCUT2D eigenvalue weighted by Gasteiger charge is -2.27. The van der Waals surface area contributed by atoms with E-state index in [1.54, 1.807) is 6.07 Å². The highest BCUT2D eigenvalue weighted by atomic mass is 35.5. The fraction of sp³-hybridized carbons (Fsp3) is 0.583. The van der Waals surface area contributed by atoms with Gasteiger partial charge >= 0.3 is 0 Å². The Hall–Kier alpha value is -0.710. The molecule has 0 atom stereocenters. The van der Waals surface area contributed by atoms with Gasteiger partial charge in [-0.15, -0.1) is 0 Å². The van der Waals surface area contributed by atoms with E-state index >= 15 is 0 Å². The van der Waals surface area contributed by atoms with E-state index in [-0.39, 0.29) is 0 Å². The number of nitrogens with zero attached hydrogens (tertiary/aromatic N) is 2. The average Bonchev–Trinajstić information content (AvgIpc) is 2.37. The summed E-state index contributed by atoms with van der Waals surface area (Å²) in [7, 11) is 0. The molecule has 0 amide bonds. The van der Waals surface area contributed by atoms with Crippen molar-refractivity contribution in [3.63, 3.8) is 0 Å². The van der Waals surface area contributed by atoms with Crippen molar-refractivity contribution in [2.45, 2.75) is 26.2 Å². The van der Waals surface area contributed by atoms with E-state index in [1.165, 1.54) is 19.3 Å². The van der Waals surface area contributed by atoms with Crippen LogP contribution >= 0.6 is 23.2 Å². The van der Waals surface area contributed by atoms with Crippen LogP contribution in [0.3, 0.4) is 0 Å². The number of piperidine rings is 1. The number of aromatic nitrogens is 1. The minimum Gasteiger partial charge on any atom is -0.369 e. The van der Waals surface area contributed by atoms with Crippen LogP contribution in [0.25, 0.3) is 0 Å². The highest BCUT2D eigenvalue weighted by Gasteiger charge is 2.14. The van der Waals surface area contributed by atoms with Gasteiger partial charge in [-0.2, -0.15) is 0 Å². The normalized spacial score (nSPS) is 16.6. The highest BCUT2D eigenvalue weighted by molar-refractivity contribution is 6.37. The molecule has 2 heterocycles. The Morgan fingerprint density at radius 3 is 2.50 bits per heavy atom. The molecular weight excluding hydrogens is 271 g/mol. The second-order valence-electron chi connectivity index (χ2n) is 4.34. The van der Waals surface area contributed by atoms with Gasteiger partial charge < -0.3 is 10.7 Å². The molecule has 1 aromatic rings. The summed E-state index contributed by atoms with van der Waals surface area (Å²) in [6, 6.07) is 1.72. The van der Waals surface area contributed by atoms with Gasteiger partial charge in [0.1, 0.15) is 5.82 Å². The maximum absolute atomic E-state index is 6.16. The summed E-state index contributed by atoms with van der Waals surface area (Å²) in [6.07, 6.45) is 3.71. The third-order valence-corrected chi connectivity index (χ3v) is 3.47. The Labute approximate surface area is 118 Å². The third kappa shape index (κ3) is 3.40. The molecule has 100 valence electrons. The fourth-order valence-electron chi connectivity index (χ4n) is 1.99. The van der Waals surface area contributed by atoms with Gasteiger partial charge in [-0.05, 0) is 25.8 Å². The van der Waals surface area contributed by atoms with Gasteiger partial charge in [0.05, 0.1) is 10.0 Å². The molecule has 2 N–H and O–H groups in total. The largest absolute Gasteiger partial charge is 0.369 e. The molecular formula is C12H18Cl2N4. The van der Waals surface area contributed by atoms with Crippen molar-refractivity contribution in [3.8, 4) is 0 Å². The monoisotopic (exact) mass is 288 g/mol. The van der Waals surface area contributed by atoms with Crippen molar-refractivity contribution >= 4 is 34.8 Å². The first-order chi connectivity index (χ1) is 8.70. The van der Waals surface area contributed by atoms with E-state index in [0.29, 0.717) is 21.7 Å². The van der Waals surface area contributed by atoms with Crippen molar-refractivity contribution in [2.24, 2.45) is 0 Å². The zero-order valence-electron chi connectivity index (χ0n) is 10.5. The molecule has 6 heteroatoms. The van der Waals surface area contributed by atoms with Crippen LogP contribution in [0.15, 0.2) is 6.07 Å². The number of halogens is 2. The van der Waals surface area contributed by atoms with E-state index in [0.717, 1.165) is 19.6 Å². The van der Waals surface area contributed by atoms with Crippen molar-refractivity contribution in [3.05, 3.63) is 16.1 Å². The van der Waals surface area contributed by atoms with Crippen LogP contribution in [-0.4, -0.2) is 29.6 Å². The van der Waals surface area contributed by atoms with Crippen molar-refractivity contribution in [1.82, 2.24) is 9.99 Å². The molecule has 0 unspecified atom stereocenters. The molecule has 0 bridgehead atoms. The molecule has 4 nitrogen and oxygen atoms in total. The summed E-state index contributed by atoms with van der Waals surface area (Å²) >= 11 is 12.2. The molecule has 0 radical (unpaired) electrons. The van der Waals surface area contributed by atoms with E-state index < -0.39 is 0 Å². The number of hydrogen-bond acceptors (Lipinski definition) is 4. The number of nitrogens with one attached hydrogen (secondary N) is 2. The van der Waals surface area contributed by atoms with E-state index in [2.05, 4.69) is 20.7 Å². The lowest BCUT2D eigenvalue weighted by Crippen LogP contribution is -2.35. The number of hydrazine groups is 1. The second-order valence-corrected chi connectivity index (χ2v) is 5.15. The average molecular weight is 289 g/mol. The molecule has 1 aromatic heterocycles. The van der Waals surface area contributed by atoms with Crippen LogP contribution in [0.5, 0.6) is 0 Å². The van der Waals surface area contributed by atoms with Gasteiger partial charge in [-0.25, -0.2) is 9.99 Å². The molecule has 0 spiro atoms. The van der Waals surface area contributed by atoms with Crippen LogP contribution in [-0.2, 0) is 0 Å². The van der Waals surface area contributed by atoms with Crippen LogP contribution in [0.2, 0.25) is 10.0 Å². The zero-order valence-corrected chi connectivity index (χ0v) is 12.0. The summed E-state index contributed by atoms with van der Waals surface area (Å²) < 4.78 is 0. The van der Waals surface area contributed by atoms with Crippen LogP contribution in [0, 0.1) is 0 Å². The maximum Gasteiger partial charge on any atom is 0.161 e. The number of pyridine rings is 1. The standard InChI is InChI=1S/C12H18Cl2N4/c1-2-15-11-9(13)8-10(14)12(16-11)17-18-6-4-3-5-7-18/h8H,2-7H2,1H3,(H2,15,16,17).